The van der Waals surface area contributed by atoms with E-state index in [4.69, 9.17) is 5.73 Å². The predicted molar refractivity (Wildman–Crippen MR) is 79.0 cm³/mol. The number of aromatic nitrogens is 3. The van der Waals surface area contributed by atoms with Gasteiger partial charge in [0.1, 0.15) is 5.65 Å². The Morgan fingerprint density at radius 2 is 2.05 bits per heavy atom. The number of rotatable bonds is 3. The van der Waals surface area contributed by atoms with Crippen LogP contribution >= 0.6 is 0 Å². The third-order valence-corrected chi connectivity index (χ3v) is 3.39. The molecule has 0 spiro atoms. The summed E-state index contributed by atoms with van der Waals surface area (Å²) < 4.78 is 1.55. The average molecular weight is 268 g/mol. The normalized spacial score (nSPS) is 11.1. The largest absolute Gasteiger partial charge is 0.354 e. The highest BCUT2D eigenvalue weighted by atomic mass is 16.1. The van der Waals surface area contributed by atoms with Gasteiger partial charge in [0.15, 0.2) is 0 Å². The van der Waals surface area contributed by atoms with Crippen molar-refractivity contribution < 1.29 is 0 Å². The second-order valence-corrected chi connectivity index (χ2v) is 4.72. The quantitative estimate of drug-likeness (QED) is 0.759. The molecule has 1 aromatic carbocycles. The number of nitrogens with zero attached hydrogens (tertiary/aromatic N) is 2. The fourth-order valence-corrected chi connectivity index (χ4v) is 2.22. The lowest BCUT2D eigenvalue weighted by molar-refractivity contribution is 0.930. The molecule has 102 valence electrons. The minimum atomic E-state index is -0.289. The molecule has 0 radical (unpaired) electrons. The maximum atomic E-state index is 12.1. The van der Waals surface area contributed by atoms with Crippen LogP contribution in [0.1, 0.15) is 18.2 Å². The minimum absolute atomic E-state index is 0.289. The predicted octanol–water partition coefficient (Wildman–Crippen LogP) is 1.73. The van der Waals surface area contributed by atoms with Gasteiger partial charge in [0, 0.05) is 23.8 Å². The van der Waals surface area contributed by atoms with Crippen molar-refractivity contribution in [1.82, 2.24) is 14.5 Å². The van der Waals surface area contributed by atoms with Crippen LogP contribution in [0.4, 0.5) is 0 Å². The number of aromatic amines is 1. The molecule has 0 saturated heterocycles. The molecule has 0 fully saturated rings. The van der Waals surface area contributed by atoms with E-state index >= 15 is 0 Å². The number of hydrogen-bond donors (Lipinski definition) is 2. The Bertz CT molecular complexity index is 799. The van der Waals surface area contributed by atoms with Gasteiger partial charge in [-0.2, -0.15) is 4.98 Å². The number of H-pyrrole nitrogens is 1. The van der Waals surface area contributed by atoms with Crippen molar-refractivity contribution in [2.75, 3.05) is 0 Å². The molecular formula is C15H16N4O. The molecule has 0 amide bonds. The fraction of sp³-hybridized carbons (Fsp3) is 0.200. The van der Waals surface area contributed by atoms with Crippen LogP contribution in [0.3, 0.4) is 0 Å². The second-order valence-electron chi connectivity index (χ2n) is 4.72. The Kier molecular flexibility index (Phi) is 3.12. The Labute approximate surface area is 116 Å². The Balaban J connectivity index is 2.14. The van der Waals surface area contributed by atoms with Gasteiger partial charge in [-0.05, 0) is 30.2 Å². The van der Waals surface area contributed by atoms with Crippen molar-refractivity contribution in [3.8, 4) is 5.69 Å². The zero-order chi connectivity index (χ0) is 14.1. The van der Waals surface area contributed by atoms with Crippen molar-refractivity contribution in [3.63, 3.8) is 0 Å². The number of fused-ring (bicyclic) bond motifs is 1. The molecule has 0 saturated carbocycles. The Morgan fingerprint density at radius 3 is 2.70 bits per heavy atom. The summed E-state index contributed by atoms with van der Waals surface area (Å²) in [7, 11) is 0. The molecule has 0 unspecified atom stereocenters. The van der Waals surface area contributed by atoms with E-state index in [1.54, 1.807) is 4.57 Å². The lowest BCUT2D eigenvalue weighted by Crippen LogP contribution is -2.20. The molecule has 5 heteroatoms. The van der Waals surface area contributed by atoms with Crippen LogP contribution in [0.5, 0.6) is 0 Å². The van der Waals surface area contributed by atoms with Crippen LogP contribution in [0, 0.1) is 0 Å². The lowest BCUT2D eigenvalue weighted by atomic mass is 10.2. The van der Waals surface area contributed by atoms with Crippen molar-refractivity contribution in [3.05, 3.63) is 58.3 Å². The summed E-state index contributed by atoms with van der Waals surface area (Å²) in [6, 6.07) is 9.61. The standard InChI is InChI=1S/C15H16N4O/c1-2-12-7-11-9-19(15(20)18-14(11)17-12)13-5-3-10(8-16)4-6-13/h3-7,9H,2,8,16H2,1H3,(H,17,18,20). The molecule has 3 aromatic rings. The molecule has 0 aliphatic rings. The number of hydrogen-bond acceptors (Lipinski definition) is 3. The summed E-state index contributed by atoms with van der Waals surface area (Å²) in [5.41, 5.74) is 8.82. The van der Waals surface area contributed by atoms with E-state index in [9.17, 15) is 4.79 Å². The average Bonchev–Trinajstić information content (AvgIpc) is 2.88. The highest BCUT2D eigenvalue weighted by Crippen LogP contribution is 2.14. The number of benzene rings is 1. The van der Waals surface area contributed by atoms with Crippen molar-refractivity contribution in [2.24, 2.45) is 5.73 Å². The van der Waals surface area contributed by atoms with Crippen molar-refractivity contribution in [1.29, 1.82) is 0 Å². The summed E-state index contributed by atoms with van der Waals surface area (Å²) in [6.07, 6.45) is 2.70. The molecule has 5 nitrogen and oxygen atoms in total. The van der Waals surface area contributed by atoms with Crippen LogP contribution in [-0.2, 0) is 13.0 Å². The van der Waals surface area contributed by atoms with Gasteiger partial charge >= 0.3 is 5.69 Å². The maximum absolute atomic E-state index is 12.1. The smallest absolute Gasteiger partial charge is 0.343 e. The molecule has 0 bridgehead atoms. The molecule has 3 N–H and O–H groups in total. The highest BCUT2D eigenvalue weighted by molar-refractivity contribution is 5.75. The van der Waals surface area contributed by atoms with E-state index in [-0.39, 0.29) is 5.69 Å². The first kappa shape index (κ1) is 12.6. The third-order valence-electron chi connectivity index (χ3n) is 3.39. The lowest BCUT2D eigenvalue weighted by Gasteiger charge is -2.05. The molecular weight excluding hydrogens is 252 g/mol. The van der Waals surface area contributed by atoms with E-state index in [2.05, 4.69) is 16.9 Å². The molecule has 3 rings (SSSR count). The summed E-state index contributed by atoms with van der Waals surface area (Å²) in [5.74, 6) is 0. The van der Waals surface area contributed by atoms with E-state index in [1.165, 1.54) is 0 Å². The van der Waals surface area contributed by atoms with Gasteiger partial charge in [-0.25, -0.2) is 4.79 Å². The van der Waals surface area contributed by atoms with Crippen LogP contribution < -0.4 is 11.4 Å². The number of aryl methyl sites for hydroxylation is 1. The summed E-state index contributed by atoms with van der Waals surface area (Å²) in [5, 5.41) is 0.935. The highest BCUT2D eigenvalue weighted by Gasteiger charge is 2.06. The number of nitrogens with one attached hydrogen (secondary N) is 1. The molecule has 0 aliphatic carbocycles. The van der Waals surface area contributed by atoms with Crippen LogP contribution in [0.15, 0.2) is 41.3 Å². The van der Waals surface area contributed by atoms with E-state index in [0.29, 0.717) is 12.2 Å². The van der Waals surface area contributed by atoms with Crippen molar-refractivity contribution >= 4 is 11.0 Å². The summed E-state index contributed by atoms with van der Waals surface area (Å²) in [4.78, 5) is 19.3. The molecule has 0 atom stereocenters. The first-order chi connectivity index (χ1) is 9.71. The zero-order valence-electron chi connectivity index (χ0n) is 11.3. The van der Waals surface area contributed by atoms with Gasteiger partial charge in [0.2, 0.25) is 0 Å². The Hall–Kier alpha value is -2.40. The molecule has 2 heterocycles. The fourth-order valence-electron chi connectivity index (χ4n) is 2.22. The van der Waals surface area contributed by atoms with E-state index in [0.717, 1.165) is 28.8 Å². The van der Waals surface area contributed by atoms with Gasteiger partial charge in [0.25, 0.3) is 0 Å². The van der Waals surface area contributed by atoms with Crippen molar-refractivity contribution in [2.45, 2.75) is 19.9 Å². The molecule has 20 heavy (non-hydrogen) atoms. The zero-order valence-corrected chi connectivity index (χ0v) is 11.3. The first-order valence-corrected chi connectivity index (χ1v) is 6.62. The summed E-state index contributed by atoms with van der Waals surface area (Å²) >= 11 is 0. The van der Waals surface area contributed by atoms with Crippen LogP contribution in [-0.4, -0.2) is 14.5 Å². The van der Waals surface area contributed by atoms with E-state index in [1.807, 2.05) is 36.5 Å². The van der Waals surface area contributed by atoms with Gasteiger partial charge in [-0.3, -0.25) is 4.57 Å². The monoisotopic (exact) mass is 268 g/mol. The second kappa shape index (κ2) is 4.94. The van der Waals surface area contributed by atoms with Crippen LogP contribution in [0.2, 0.25) is 0 Å². The van der Waals surface area contributed by atoms with Gasteiger partial charge in [-0.15, -0.1) is 0 Å². The van der Waals surface area contributed by atoms with Gasteiger partial charge in [-0.1, -0.05) is 19.1 Å². The minimum Gasteiger partial charge on any atom is -0.343 e. The molecule has 2 aromatic heterocycles. The van der Waals surface area contributed by atoms with E-state index < -0.39 is 0 Å². The van der Waals surface area contributed by atoms with Gasteiger partial charge < -0.3 is 10.7 Å². The third kappa shape index (κ3) is 2.12. The number of nitrogens with two attached hydrogens (primary N) is 1. The maximum Gasteiger partial charge on any atom is 0.354 e. The first-order valence-electron chi connectivity index (χ1n) is 6.62. The SMILES string of the molecule is CCc1cc2cn(-c3ccc(CN)cc3)c(=O)nc2[nH]1. The molecule has 0 aliphatic heterocycles. The Morgan fingerprint density at radius 1 is 1.30 bits per heavy atom. The van der Waals surface area contributed by atoms with Gasteiger partial charge in [0.05, 0.1) is 5.69 Å². The summed E-state index contributed by atoms with van der Waals surface area (Å²) in [6.45, 7) is 2.55. The van der Waals surface area contributed by atoms with Crippen LogP contribution in [0.25, 0.3) is 16.7 Å². The topological polar surface area (TPSA) is 76.7 Å².